The van der Waals surface area contributed by atoms with Crippen molar-refractivity contribution in [3.63, 3.8) is 0 Å². The first-order valence-corrected chi connectivity index (χ1v) is 6.93. The van der Waals surface area contributed by atoms with Crippen LogP contribution in [0.15, 0.2) is 23.6 Å². The molecule has 1 heterocycles. The van der Waals surface area contributed by atoms with E-state index in [2.05, 4.69) is 24.9 Å². The molecular weight excluding hydrogens is 258 g/mol. The second-order valence-electron chi connectivity index (χ2n) is 4.38. The van der Waals surface area contributed by atoms with Crippen molar-refractivity contribution in [2.45, 2.75) is 20.3 Å². The van der Waals surface area contributed by atoms with Crippen LogP contribution in [0.5, 0.6) is 5.75 Å². The Balaban J connectivity index is 1.88. The summed E-state index contributed by atoms with van der Waals surface area (Å²) in [5.74, 6) is 0.893. The summed E-state index contributed by atoms with van der Waals surface area (Å²) in [7, 11) is 0. The van der Waals surface area contributed by atoms with Gasteiger partial charge in [-0.1, -0.05) is 6.07 Å². The summed E-state index contributed by atoms with van der Waals surface area (Å²) >= 11 is 1.51. The van der Waals surface area contributed by atoms with Crippen LogP contribution in [-0.4, -0.2) is 17.4 Å². The number of benzene rings is 1. The first-order chi connectivity index (χ1) is 9.06. The van der Waals surface area contributed by atoms with Gasteiger partial charge in [-0.25, -0.2) is 4.98 Å². The fourth-order valence-electron chi connectivity index (χ4n) is 1.61. The summed E-state index contributed by atoms with van der Waals surface area (Å²) in [6.07, 6.45) is 0.727. The zero-order valence-corrected chi connectivity index (χ0v) is 11.9. The molecule has 0 aliphatic rings. The number of hydrogen-bond donors (Lipinski definition) is 2. The van der Waals surface area contributed by atoms with Crippen LogP contribution in [0.1, 0.15) is 21.8 Å². The van der Waals surface area contributed by atoms with E-state index >= 15 is 0 Å². The topological polar surface area (TPSA) is 72.0 Å². The van der Waals surface area contributed by atoms with E-state index in [9.17, 15) is 0 Å². The Labute approximate surface area is 116 Å². The summed E-state index contributed by atoms with van der Waals surface area (Å²) in [5.41, 5.74) is 8.41. The highest BCUT2D eigenvalue weighted by atomic mass is 32.1. The van der Waals surface area contributed by atoms with Gasteiger partial charge in [0.1, 0.15) is 17.3 Å². The molecule has 0 bridgehead atoms. The molecule has 100 valence electrons. The number of nitrogens with two attached hydrogens (primary N) is 1. The van der Waals surface area contributed by atoms with E-state index in [1.54, 1.807) is 5.38 Å². The Morgan fingerprint density at radius 1 is 1.37 bits per heavy atom. The standard InChI is InChI=1S/C14H17N3OS/c1-9-3-4-11(7-10(9)2)18-6-5-13-17-12(8-19-13)14(15)16/h3-4,7-8H,5-6H2,1-2H3,(H3,15,16). The van der Waals surface area contributed by atoms with Gasteiger partial charge in [-0.2, -0.15) is 0 Å². The summed E-state index contributed by atoms with van der Waals surface area (Å²) in [5, 5.41) is 10.0. The van der Waals surface area contributed by atoms with Gasteiger partial charge in [0.05, 0.1) is 11.6 Å². The molecule has 0 fully saturated rings. The van der Waals surface area contributed by atoms with E-state index in [0.29, 0.717) is 12.3 Å². The fraction of sp³-hybridized carbons (Fsp3) is 0.286. The zero-order valence-electron chi connectivity index (χ0n) is 11.1. The molecule has 2 aromatic rings. The van der Waals surface area contributed by atoms with Crippen LogP contribution in [0.3, 0.4) is 0 Å². The van der Waals surface area contributed by atoms with E-state index < -0.39 is 0 Å². The maximum atomic E-state index is 7.29. The molecule has 4 nitrogen and oxygen atoms in total. The second-order valence-corrected chi connectivity index (χ2v) is 5.33. The van der Waals surface area contributed by atoms with Crippen molar-refractivity contribution >= 4 is 17.2 Å². The largest absolute Gasteiger partial charge is 0.493 e. The van der Waals surface area contributed by atoms with Crippen LogP contribution in [0, 0.1) is 19.3 Å². The maximum absolute atomic E-state index is 7.29. The quantitative estimate of drug-likeness (QED) is 0.651. The molecule has 0 aliphatic carbocycles. The third-order valence-corrected chi connectivity index (χ3v) is 3.80. The van der Waals surface area contributed by atoms with E-state index in [0.717, 1.165) is 17.2 Å². The molecule has 1 aromatic heterocycles. The Morgan fingerprint density at radius 2 is 2.16 bits per heavy atom. The number of nitrogen functional groups attached to an aromatic ring is 1. The minimum absolute atomic E-state index is 0.0116. The number of aryl methyl sites for hydroxylation is 2. The summed E-state index contributed by atoms with van der Waals surface area (Å²) in [6, 6.07) is 6.07. The number of thiazole rings is 1. The molecule has 0 unspecified atom stereocenters. The van der Waals surface area contributed by atoms with Crippen molar-refractivity contribution in [1.82, 2.24) is 4.98 Å². The lowest BCUT2D eigenvalue weighted by Crippen LogP contribution is -2.11. The maximum Gasteiger partial charge on any atom is 0.142 e. The molecule has 3 N–H and O–H groups in total. The summed E-state index contributed by atoms with van der Waals surface area (Å²) in [6.45, 7) is 4.73. The van der Waals surface area contributed by atoms with E-state index in [4.69, 9.17) is 15.9 Å². The van der Waals surface area contributed by atoms with Gasteiger partial charge in [0.25, 0.3) is 0 Å². The highest BCUT2D eigenvalue weighted by Crippen LogP contribution is 2.17. The van der Waals surface area contributed by atoms with E-state index in [-0.39, 0.29) is 5.84 Å². The van der Waals surface area contributed by atoms with Gasteiger partial charge in [-0.3, -0.25) is 5.41 Å². The van der Waals surface area contributed by atoms with Crippen LogP contribution >= 0.6 is 11.3 Å². The molecular formula is C14H17N3OS. The molecule has 1 aromatic carbocycles. The summed E-state index contributed by atoms with van der Waals surface area (Å²) < 4.78 is 5.70. The van der Waals surface area contributed by atoms with Crippen LogP contribution in [-0.2, 0) is 6.42 Å². The fourth-order valence-corrected chi connectivity index (χ4v) is 2.39. The average molecular weight is 275 g/mol. The van der Waals surface area contributed by atoms with Crippen LogP contribution < -0.4 is 10.5 Å². The van der Waals surface area contributed by atoms with Crippen LogP contribution in [0.4, 0.5) is 0 Å². The predicted molar refractivity (Wildman–Crippen MR) is 78.2 cm³/mol. The van der Waals surface area contributed by atoms with E-state index in [1.807, 2.05) is 12.1 Å². The SMILES string of the molecule is Cc1ccc(OCCc2nc(C(=N)N)cs2)cc1C. The van der Waals surface area contributed by atoms with Crippen molar-refractivity contribution in [3.8, 4) is 5.75 Å². The molecule has 0 amide bonds. The molecule has 0 radical (unpaired) electrons. The Bertz CT molecular complexity index is 592. The molecule has 5 heteroatoms. The Kier molecular flexibility index (Phi) is 4.16. The lowest BCUT2D eigenvalue weighted by atomic mass is 10.1. The first-order valence-electron chi connectivity index (χ1n) is 6.05. The molecule has 0 saturated carbocycles. The monoisotopic (exact) mass is 275 g/mol. The molecule has 0 saturated heterocycles. The van der Waals surface area contributed by atoms with Gasteiger partial charge in [0.15, 0.2) is 0 Å². The normalized spacial score (nSPS) is 10.4. The molecule has 0 spiro atoms. The Morgan fingerprint density at radius 3 is 2.79 bits per heavy atom. The molecule has 0 atom stereocenters. The number of hydrogen-bond acceptors (Lipinski definition) is 4. The number of nitrogens with zero attached hydrogens (tertiary/aromatic N) is 1. The van der Waals surface area contributed by atoms with Crippen LogP contribution in [0.2, 0.25) is 0 Å². The van der Waals surface area contributed by atoms with Gasteiger partial charge < -0.3 is 10.5 Å². The van der Waals surface area contributed by atoms with Gasteiger partial charge in [-0.15, -0.1) is 11.3 Å². The lowest BCUT2D eigenvalue weighted by molar-refractivity contribution is 0.321. The summed E-state index contributed by atoms with van der Waals surface area (Å²) in [4.78, 5) is 4.26. The lowest BCUT2D eigenvalue weighted by Gasteiger charge is -2.07. The first kappa shape index (κ1) is 13.5. The molecule has 2 rings (SSSR count). The van der Waals surface area contributed by atoms with Crippen molar-refractivity contribution in [3.05, 3.63) is 45.4 Å². The minimum Gasteiger partial charge on any atom is -0.493 e. The smallest absolute Gasteiger partial charge is 0.142 e. The van der Waals surface area contributed by atoms with Crippen molar-refractivity contribution in [2.75, 3.05) is 6.61 Å². The number of nitrogens with one attached hydrogen (secondary N) is 1. The molecule has 19 heavy (non-hydrogen) atoms. The van der Waals surface area contributed by atoms with Gasteiger partial charge in [-0.05, 0) is 37.1 Å². The van der Waals surface area contributed by atoms with Crippen molar-refractivity contribution in [2.24, 2.45) is 5.73 Å². The minimum atomic E-state index is 0.0116. The van der Waals surface area contributed by atoms with Gasteiger partial charge in [0.2, 0.25) is 0 Å². The van der Waals surface area contributed by atoms with Crippen molar-refractivity contribution in [1.29, 1.82) is 5.41 Å². The number of amidine groups is 1. The highest BCUT2D eigenvalue weighted by Gasteiger charge is 2.04. The Hall–Kier alpha value is -1.88. The third-order valence-electron chi connectivity index (χ3n) is 2.89. The van der Waals surface area contributed by atoms with E-state index in [1.165, 1.54) is 22.5 Å². The van der Waals surface area contributed by atoms with Crippen molar-refractivity contribution < 1.29 is 4.74 Å². The molecule has 0 aliphatic heterocycles. The zero-order chi connectivity index (χ0) is 13.8. The van der Waals surface area contributed by atoms with Crippen LogP contribution in [0.25, 0.3) is 0 Å². The third kappa shape index (κ3) is 3.54. The van der Waals surface area contributed by atoms with Gasteiger partial charge in [0, 0.05) is 11.8 Å². The van der Waals surface area contributed by atoms with Gasteiger partial charge >= 0.3 is 0 Å². The average Bonchev–Trinajstić information content (AvgIpc) is 2.83. The second kappa shape index (κ2) is 5.84. The number of ether oxygens (including phenoxy) is 1. The number of aromatic nitrogens is 1. The number of rotatable bonds is 5. The highest BCUT2D eigenvalue weighted by molar-refractivity contribution is 7.09. The predicted octanol–water partition coefficient (Wildman–Crippen LogP) is 2.67.